The van der Waals surface area contributed by atoms with Gasteiger partial charge in [0.1, 0.15) is 5.82 Å². The predicted octanol–water partition coefficient (Wildman–Crippen LogP) is 5.10. The van der Waals surface area contributed by atoms with Crippen LogP contribution in [0.15, 0.2) is 76.9 Å². The van der Waals surface area contributed by atoms with E-state index in [4.69, 9.17) is 28.9 Å². The smallest absolute Gasteiger partial charge is 0.258 e. The number of benzene rings is 2. The number of aryl methyl sites for hydroxylation is 1. The van der Waals surface area contributed by atoms with Crippen molar-refractivity contribution in [3.8, 4) is 11.3 Å². The van der Waals surface area contributed by atoms with Crippen LogP contribution in [0.25, 0.3) is 11.3 Å². The molecule has 0 unspecified atom stereocenters. The zero-order chi connectivity index (χ0) is 24.2. The van der Waals surface area contributed by atoms with E-state index in [0.29, 0.717) is 44.9 Å². The fourth-order valence-corrected chi connectivity index (χ4v) is 4.20. The first-order chi connectivity index (χ1) is 16.4. The SMILES string of the molecule is Cn1nc(-c2ccc(NC(=O)C3=CCCC(CN)=C3Cl)cc2)cc1NC(=O)c1ccccc1Cl. The second kappa shape index (κ2) is 10.3. The first-order valence-electron chi connectivity index (χ1n) is 10.7. The summed E-state index contributed by atoms with van der Waals surface area (Å²) < 4.78 is 1.58. The van der Waals surface area contributed by atoms with Crippen LogP contribution in [0.3, 0.4) is 0 Å². The molecule has 34 heavy (non-hydrogen) atoms. The Morgan fingerprint density at radius 2 is 1.79 bits per heavy atom. The van der Waals surface area contributed by atoms with E-state index in [-0.39, 0.29) is 11.8 Å². The maximum absolute atomic E-state index is 12.7. The highest BCUT2D eigenvalue weighted by atomic mass is 35.5. The molecule has 4 N–H and O–H groups in total. The molecule has 0 atom stereocenters. The standard InChI is InChI=1S/C25H23Cl2N5O2/c1-32-22(30-24(33)18-6-2-3-8-20(18)26)13-21(31-32)15-9-11-17(12-10-15)29-25(34)19-7-4-5-16(14-28)23(19)27/h2-3,6-13H,4-5,14,28H2,1H3,(H,29,34)(H,30,33). The summed E-state index contributed by atoms with van der Waals surface area (Å²) in [5, 5.41) is 11.0. The van der Waals surface area contributed by atoms with Crippen molar-refractivity contribution in [2.75, 3.05) is 17.2 Å². The Hall–Kier alpha value is -3.39. The fraction of sp³-hybridized carbons (Fsp3) is 0.160. The van der Waals surface area contributed by atoms with E-state index in [0.717, 1.165) is 24.0 Å². The maximum atomic E-state index is 12.7. The van der Waals surface area contributed by atoms with Crippen LogP contribution in [0.1, 0.15) is 23.2 Å². The number of nitrogens with zero attached hydrogens (tertiary/aromatic N) is 2. The van der Waals surface area contributed by atoms with Gasteiger partial charge in [-0.15, -0.1) is 0 Å². The monoisotopic (exact) mass is 495 g/mol. The molecule has 1 aliphatic carbocycles. The fourth-order valence-electron chi connectivity index (χ4n) is 3.64. The average Bonchev–Trinajstić information content (AvgIpc) is 3.19. The first kappa shape index (κ1) is 23.8. The van der Waals surface area contributed by atoms with Crippen LogP contribution in [0.2, 0.25) is 5.02 Å². The lowest BCUT2D eigenvalue weighted by Crippen LogP contribution is -2.18. The summed E-state index contributed by atoms with van der Waals surface area (Å²) in [6.07, 6.45) is 3.34. The van der Waals surface area contributed by atoms with Crippen LogP contribution in [-0.4, -0.2) is 28.1 Å². The molecular formula is C25H23Cl2N5O2. The number of nitrogens with one attached hydrogen (secondary N) is 2. The summed E-state index contributed by atoms with van der Waals surface area (Å²) >= 11 is 12.5. The van der Waals surface area contributed by atoms with Gasteiger partial charge in [-0.3, -0.25) is 14.3 Å². The second-order valence-corrected chi connectivity index (χ2v) is 8.57. The molecule has 2 amide bonds. The van der Waals surface area contributed by atoms with E-state index in [1.807, 2.05) is 18.2 Å². The van der Waals surface area contributed by atoms with Gasteiger partial charge in [-0.2, -0.15) is 5.10 Å². The number of hydrogen-bond acceptors (Lipinski definition) is 4. The summed E-state index contributed by atoms with van der Waals surface area (Å²) in [6, 6.07) is 15.9. The van der Waals surface area contributed by atoms with Crippen LogP contribution in [-0.2, 0) is 11.8 Å². The van der Waals surface area contributed by atoms with Gasteiger partial charge in [0, 0.05) is 30.9 Å². The highest BCUT2D eigenvalue weighted by Gasteiger charge is 2.20. The van der Waals surface area contributed by atoms with Gasteiger partial charge in [0.2, 0.25) is 0 Å². The Labute approximate surface area is 207 Å². The summed E-state index contributed by atoms with van der Waals surface area (Å²) in [5.74, 6) is -0.0646. The highest BCUT2D eigenvalue weighted by Crippen LogP contribution is 2.29. The van der Waals surface area contributed by atoms with Crippen molar-refractivity contribution in [1.29, 1.82) is 0 Å². The van der Waals surface area contributed by atoms with Crippen molar-refractivity contribution in [2.24, 2.45) is 12.8 Å². The van der Waals surface area contributed by atoms with Crippen molar-refractivity contribution in [2.45, 2.75) is 12.8 Å². The minimum atomic E-state index is -0.319. The lowest BCUT2D eigenvalue weighted by Gasteiger charge is -2.16. The highest BCUT2D eigenvalue weighted by molar-refractivity contribution is 6.36. The zero-order valence-electron chi connectivity index (χ0n) is 18.4. The number of amides is 2. The van der Waals surface area contributed by atoms with Gasteiger partial charge in [-0.25, -0.2) is 0 Å². The van der Waals surface area contributed by atoms with Gasteiger partial charge in [0.05, 0.1) is 26.9 Å². The average molecular weight is 496 g/mol. The second-order valence-electron chi connectivity index (χ2n) is 7.78. The Morgan fingerprint density at radius 3 is 2.50 bits per heavy atom. The number of anilines is 2. The number of carbonyl (C=O) groups is 2. The molecule has 0 aliphatic heterocycles. The van der Waals surface area contributed by atoms with Gasteiger partial charge in [0.25, 0.3) is 11.8 Å². The number of aromatic nitrogens is 2. The molecule has 4 rings (SSSR count). The number of hydrogen-bond donors (Lipinski definition) is 3. The predicted molar refractivity (Wildman–Crippen MR) is 136 cm³/mol. The Kier molecular flexibility index (Phi) is 7.17. The van der Waals surface area contributed by atoms with Gasteiger partial charge < -0.3 is 16.4 Å². The minimum absolute atomic E-state index is 0.272. The van der Waals surface area contributed by atoms with E-state index < -0.39 is 0 Å². The lowest BCUT2D eigenvalue weighted by atomic mass is 9.98. The third-order valence-electron chi connectivity index (χ3n) is 5.51. The Bertz CT molecular complexity index is 1310. The van der Waals surface area contributed by atoms with Crippen LogP contribution in [0, 0.1) is 0 Å². The topological polar surface area (TPSA) is 102 Å². The van der Waals surface area contributed by atoms with Crippen molar-refractivity contribution in [1.82, 2.24) is 9.78 Å². The lowest BCUT2D eigenvalue weighted by molar-refractivity contribution is -0.112. The van der Waals surface area contributed by atoms with Gasteiger partial charge in [-0.1, -0.05) is 53.5 Å². The molecule has 174 valence electrons. The zero-order valence-corrected chi connectivity index (χ0v) is 20.0. The molecule has 0 radical (unpaired) electrons. The van der Waals surface area contributed by atoms with Crippen LogP contribution in [0.4, 0.5) is 11.5 Å². The van der Waals surface area contributed by atoms with E-state index in [1.165, 1.54) is 0 Å². The number of rotatable bonds is 6. The molecule has 1 heterocycles. The first-order valence-corrected chi connectivity index (χ1v) is 11.4. The summed E-state index contributed by atoms with van der Waals surface area (Å²) in [5.41, 5.74) is 9.56. The maximum Gasteiger partial charge on any atom is 0.258 e. The van der Waals surface area contributed by atoms with E-state index >= 15 is 0 Å². The van der Waals surface area contributed by atoms with Gasteiger partial charge in [0.15, 0.2) is 0 Å². The van der Waals surface area contributed by atoms with Crippen LogP contribution < -0.4 is 16.4 Å². The number of halogens is 2. The molecule has 0 saturated heterocycles. The minimum Gasteiger partial charge on any atom is -0.327 e. The van der Waals surface area contributed by atoms with Crippen molar-refractivity contribution < 1.29 is 9.59 Å². The molecule has 2 aromatic carbocycles. The molecule has 0 saturated carbocycles. The normalized spacial score (nSPS) is 13.5. The summed E-state index contributed by atoms with van der Waals surface area (Å²) in [7, 11) is 1.74. The van der Waals surface area contributed by atoms with Crippen LogP contribution >= 0.6 is 23.2 Å². The van der Waals surface area contributed by atoms with Crippen molar-refractivity contribution in [3.63, 3.8) is 0 Å². The Morgan fingerprint density at radius 1 is 1.06 bits per heavy atom. The molecule has 0 fully saturated rings. The van der Waals surface area contributed by atoms with E-state index in [1.54, 1.807) is 54.2 Å². The van der Waals surface area contributed by atoms with Gasteiger partial charge >= 0.3 is 0 Å². The number of carbonyl (C=O) groups excluding carboxylic acids is 2. The van der Waals surface area contributed by atoms with Crippen molar-refractivity contribution in [3.05, 3.63) is 87.4 Å². The molecule has 7 nitrogen and oxygen atoms in total. The largest absolute Gasteiger partial charge is 0.327 e. The number of allylic oxidation sites excluding steroid dienone is 1. The molecular weight excluding hydrogens is 473 g/mol. The molecule has 0 bridgehead atoms. The Balaban J connectivity index is 1.46. The molecule has 3 aromatic rings. The molecule has 9 heteroatoms. The summed E-state index contributed by atoms with van der Waals surface area (Å²) in [4.78, 5) is 25.3. The third-order valence-corrected chi connectivity index (χ3v) is 6.31. The molecule has 1 aromatic heterocycles. The molecule has 1 aliphatic rings. The van der Waals surface area contributed by atoms with Gasteiger partial charge in [-0.05, 0) is 42.7 Å². The third kappa shape index (κ3) is 5.07. The van der Waals surface area contributed by atoms with E-state index in [2.05, 4.69) is 15.7 Å². The number of nitrogens with two attached hydrogens (primary N) is 1. The molecule has 0 spiro atoms. The quantitative estimate of drug-likeness (QED) is 0.442. The van der Waals surface area contributed by atoms with Crippen molar-refractivity contribution >= 4 is 46.5 Å². The summed E-state index contributed by atoms with van der Waals surface area (Å²) in [6.45, 7) is 0.336. The van der Waals surface area contributed by atoms with E-state index in [9.17, 15) is 9.59 Å². The van der Waals surface area contributed by atoms with Crippen LogP contribution in [0.5, 0.6) is 0 Å².